The minimum Gasteiger partial charge on any atom is -0.469 e. The zero-order valence-electron chi connectivity index (χ0n) is 15.2. The van der Waals surface area contributed by atoms with E-state index < -0.39 is 21.9 Å². The van der Waals surface area contributed by atoms with Gasteiger partial charge in [-0.05, 0) is 35.4 Å². The summed E-state index contributed by atoms with van der Waals surface area (Å²) >= 11 is 0. The van der Waals surface area contributed by atoms with Crippen LogP contribution in [0.25, 0.3) is 10.8 Å². The van der Waals surface area contributed by atoms with Crippen LogP contribution < -0.4 is 4.72 Å². The summed E-state index contributed by atoms with van der Waals surface area (Å²) in [6.07, 6.45) is 0. The van der Waals surface area contributed by atoms with Crippen LogP contribution in [-0.2, 0) is 19.6 Å². The second kappa shape index (κ2) is 7.90. The van der Waals surface area contributed by atoms with Crippen LogP contribution in [0, 0.1) is 6.92 Å². The molecule has 0 unspecified atom stereocenters. The summed E-state index contributed by atoms with van der Waals surface area (Å²) in [6, 6.07) is 20.0. The first kappa shape index (κ1) is 19.1. The Hall–Kier alpha value is -2.70. The van der Waals surface area contributed by atoms with Gasteiger partial charge in [0.2, 0.25) is 10.0 Å². The summed E-state index contributed by atoms with van der Waals surface area (Å²) in [6.45, 7) is 1.80. The van der Waals surface area contributed by atoms with Gasteiger partial charge >= 0.3 is 5.97 Å². The van der Waals surface area contributed by atoms with Crippen molar-refractivity contribution in [2.45, 2.75) is 17.7 Å². The van der Waals surface area contributed by atoms with Gasteiger partial charge in [0.25, 0.3) is 0 Å². The summed E-state index contributed by atoms with van der Waals surface area (Å²) in [7, 11) is -2.43. The Morgan fingerprint density at radius 3 is 2.33 bits per heavy atom. The fourth-order valence-corrected chi connectivity index (χ4v) is 3.95. The molecule has 0 fully saturated rings. The number of hydrogen-bond acceptors (Lipinski definition) is 4. The normalized spacial score (nSPS) is 12.7. The number of benzene rings is 3. The van der Waals surface area contributed by atoms with Crippen LogP contribution in [0.3, 0.4) is 0 Å². The van der Waals surface area contributed by atoms with Gasteiger partial charge in [0.15, 0.2) is 0 Å². The smallest absolute Gasteiger partial charge is 0.314 e. The zero-order valence-corrected chi connectivity index (χ0v) is 16.0. The second-order valence-corrected chi connectivity index (χ2v) is 8.11. The van der Waals surface area contributed by atoms with E-state index >= 15 is 0 Å². The Morgan fingerprint density at radius 1 is 1.00 bits per heavy atom. The average molecular weight is 383 g/mol. The standard InChI is InChI=1S/C21H21NO4S/c1-15-7-11-19(12-8-15)27(24,25)22-14-20(21(23)26-2)18-10-9-16-5-3-4-6-17(16)13-18/h3-13,20,22H,14H2,1-2H3/t20-/m0/s1. The Bertz CT molecular complexity index is 1060. The summed E-state index contributed by atoms with van der Waals surface area (Å²) in [5.41, 5.74) is 1.67. The maximum absolute atomic E-state index is 12.5. The van der Waals surface area contributed by atoms with Crippen molar-refractivity contribution in [3.8, 4) is 0 Å². The van der Waals surface area contributed by atoms with Crippen molar-refractivity contribution < 1.29 is 17.9 Å². The van der Waals surface area contributed by atoms with Crippen molar-refractivity contribution in [1.29, 1.82) is 0 Å². The summed E-state index contributed by atoms with van der Waals surface area (Å²) in [4.78, 5) is 12.5. The molecule has 0 radical (unpaired) electrons. The third-order valence-electron chi connectivity index (χ3n) is 4.47. The quantitative estimate of drug-likeness (QED) is 0.663. The van der Waals surface area contributed by atoms with E-state index in [4.69, 9.17) is 4.74 Å². The maximum atomic E-state index is 12.5. The number of aryl methyl sites for hydroxylation is 1. The van der Waals surface area contributed by atoms with Crippen LogP contribution in [0.4, 0.5) is 0 Å². The van der Waals surface area contributed by atoms with Crippen LogP contribution in [0.15, 0.2) is 71.6 Å². The number of hydrogen-bond donors (Lipinski definition) is 1. The van der Waals surface area contributed by atoms with Crippen molar-refractivity contribution in [1.82, 2.24) is 4.72 Å². The molecule has 1 N–H and O–H groups in total. The van der Waals surface area contributed by atoms with Gasteiger partial charge in [-0.25, -0.2) is 13.1 Å². The first-order valence-electron chi connectivity index (χ1n) is 8.53. The van der Waals surface area contributed by atoms with Crippen LogP contribution >= 0.6 is 0 Å². The highest BCUT2D eigenvalue weighted by atomic mass is 32.2. The van der Waals surface area contributed by atoms with Gasteiger partial charge in [-0.2, -0.15) is 0 Å². The highest BCUT2D eigenvalue weighted by molar-refractivity contribution is 7.89. The largest absolute Gasteiger partial charge is 0.469 e. The summed E-state index contributed by atoms with van der Waals surface area (Å²) in [5, 5.41) is 2.02. The van der Waals surface area contributed by atoms with E-state index in [0.29, 0.717) is 5.56 Å². The van der Waals surface area contributed by atoms with Gasteiger partial charge in [0.1, 0.15) is 0 Å². The Balaban J connectivity index is 1.86. The number of esters is 1. The topological polar surface area (TPSA) is 72.5 Å². The van der Waals surface area contributed by atoms with Gasteiger partial charge in [0.05, 0.1) is 17.9 Å². The maximum Gasteiger partial charge on any atom is 0.314 e. The van der Waals surface area contributed by atoms with Crippen molar-refractivity contribution >= 4 is 26.8 Å². The lowest BCUT2D eigenvalue weighted by atomic mass is 9.96. The molecule has 0 spiro atoms. The molecule has 5 nitrogen and oxygen atoms in total. The zero-order chi connectivity index (χ0) is 19.4. The molecule has 0 bridgehead atoms. The van der Waals surface area contributed by atoms with E-state index in [1.807, 2.05) is 49.4 Å². The molecule has 0 aliphatic carbocycles. The lowest BCUT2D eigenvalue weighted by Gasteiger charge is -2.17. The fourth-order valence-electron chi connectivity index (χ4n) is 2.90. The fraction of sp³-hybridized carbons (Fsp3) is 0.190. The van der Waals surface area contributed by atoms with Gasteiger partial charge in [-0.3, -0.25) is 4.79 Å². The van der Waals surface area contributed by atoms with E-state index in [1.54, 1.807) is 24.3 Å². The van der Waals surface area contributed by atoms with Crippen molar-refractivity contribution in [3.05, 3.63) is 77.9 Å². The number of carbonyl (C=O) groups is 1. The van der Waals surface area contributed by atoms with Crippen LogP contribution in [0.1, 0.15) is 17.0 Å². The first-order chi connectivity index (χ1) is 12.9. The summed E-state index contributed by atoms with van der Waals surface area (Å²) in [5.74, 6) is -1.23. The highest BCUT2D eigenvalue weighted by Crippen LogP contribution is 2.23. The number of fused-ring (bicyclic) bond motifs is 1. The monoisotopic (exact) mass is 383 g/mol. The molecule has 0 saturated heterocycles. The number of nitrogens with one attached hydrogen (secondary N) is 1. The highest BCUT2D eigenvalue weighted by Gasteiger charge is 2.25. The molecule has 1 atom stereocenters. The van der Waals surface area contributed by atoms with E-state index in [-0.39, 0.29) is 11.4 Å². The molecule has 6 heteroatoms. The van der Waals surface area contributed by atoms with Crippen LogP contribution in [-0.4, -0.2) is 28.0 Å². The van der Waals surface area contributed by atoms with Gasteiger partial charge in [-0.1, -0.05) is 60.2 Å². The molecule has 0 heterocycles. The molecule has 0 aliphatic heterocycles. The molecule has 140 valence electrons. The number of sulfonamides is 1. The second-order valence-electron chi connectivity index (χ2n) is 6.35. The van der Waals surface area contributed by atoms with Gasteiger partial charge in [-0.15, -0.1) is 0 Å². The Labute approximate surface area is 159 Å². The molecule has 27 heavy (non-hydrogen) atoms. The third-order valence-corrected chi connectivity index (χ3v) is 5.91. The third kappa shape index (κ3) is 4.35. The van der Waals surface area contributed by atoms with Gasteiger partial charge in [0, 0.05) is 6.54 Å². The first-order valence-corrected chi connectivity index (χ1v) is 10.0. The molecule has 3 aromatic rings. The summed E-state index contributed by atoms with van der Waals surface area (Å²) < 4.78 is 32.5. The molecular weight excluding hydrogens is 362 g/mol. The minimum absolute atomic E-state index is 0.0821. The van der Waals surface area contributed by atoms with Crippen molar-refractivity contribution in [3.63, 3.8) is 0 Å². The number of carbonyl (C=O) groups excluding carboxylic acids is 1. The van der Waals surface area contributed by atoms with Crippen LogP contribution in [0.5, 0.6) is 0 Å². The van der Waals surface area contributed by atoms with E-state index in [9.17, 15) is 13.2 Å². The predicted molar refractivity (Wildman–Crippen MR) is 105 cm³/mol. The lowest BCUT2D eigenvalue weighted by molar-refractivity contribution is -0.142. The number of methoxy groups -OCH3 is 1. The van der Waals surface area contributed by atoms with E-state index in [2.05, 4.69) is 4.72 Å². The minimum atomic E-state index is -3.72. The molecule has 3 rings (SSSR count). The Morgan fingerprint density at radius 2 is 1.67 bits per heavy atom. The van der Waals surface area contributed by atoms with Crippen molar-refractivity contribution in [2.75, 3.05) is 13.7 Å². The predicted octanol–water partition coefficient (Wildman–Crippen LogP) is 3.38. The number of rotatable bonds is 6. The average Bonchev–Trinajstić information content (AvgIpc) is 2.68. The van der Waals surface area contributed by atoms with E-state index in [1.165, 1.54) is 7.11 Å². The molecular formula is C21H21NO4S. The molecule has 0 aromatic heterocycles. The molecule has 3 aromatic carbocycles. The number of ether oxygens (including phenoxy) is 1. The molecule has 0 aliphatic rings. The SMILES string of the molecule is COC(=O)[C@@H](CNS(=O)(=O)c1ccc(C)cc1)c1ccc2ccccc2c1. The van der Waals surface area contributed by atoms with Crippen LogP contribution in [0.2, 0.25) is 0 Å². The molecule has 0 saturated carbocycles. The lowest BCUT2D eigenvalue weighted by Crippen LogP contribution is -2.32. The molecule has 0 amide bonds. The van der Waals surface area contributed by atoms with Crippen molar-refractivity contribution in [2.24, 2.45) is 0 Å². The van der Waals surface area contributed by atoms with Gasteiger partial charge < -0.3 is 4.74 Å². The Kier molecular flexibility index (Phi) is 5.58. The van der Waals surface area contributed by atoms with E-state index in [0.717, 1.165) is 16.3 Å².